The van der Waals surface area contributed by atoms with Gasteiger partial charge in [0.25, 0.3) is 0 Å². The first-order chi connectivity index (χ1) is 10.0. The summed E-state index contributed by atoms with van der Waals surface area (Å²) in [6.45, 7) is 1.96. The van der Waals surface area contributed by atoms with Gasteiger partial charge in [0, 0.05) is 0 Å². The Kier molecular flexibility index (Phi) is 4.43. The Bertz CT molecular complexity index is 616. The summed E-state index contributed by atoms with van der Waals surface area (Å²) in [5.74, 6) is 0.844. The molecule has 1 unspecified atom stereocenters. The van der Waals surface area contributed by atoms with Gasteiger partial charge in [-0.25, -0.2) is 4.39 Å². The number of ether oxygens (including phenoxy) is 2. The molecule has 1 aromatic carbocycles. The number of nitrogens with zero attached hydrogens (tertiary/aromatic N) is 1. The Morgan fingerprint density at radius 2 is 1.86 bits per heavy atom. The number of rotatable bonds is 5. The summed E-state index contributed by atoms with van der Waals surface area (Å²) in [6, 6.07) is 8.47. The lowest BCUT2D eigenvalue weighted by atomic mass is 9.84. The molecule has 1 heterocycles. The number of hydrogen-bond acceptors (Lipinski definition) is 4. The second kappa shape index (κ2) is 6.10. The molecule has 5 heteroatoms. The van der Waals surface area contributed by atoms with Gasteiger partial charge in [0.1, 0.15) is 5.82 Å². The van der Waals surface area contributed by atoms with E-state index in [2.05, 4.69) is 4.98 Å². The van der Waals surface area contributed by atoms with E-state index in [1.807, 2.05) is 19.1 Å². The molecule has 2 N–H and O–H groups in total. The fourth-order valence-corrected chi connectivity index (χ4v) is 2.29. The van der Waals surface area contributed by atoms with Crippen molar-refractivity contribution in [3.8, 4) is 11.5 Å². The summed E-state index contributed by atoms with van der Waals surface area (Å²) in [5, 5.41) is 0. The Morgan fingerprint density at radius 3 is 2.38 bits per heavy atom. The maximum Gasteiger partial charge on any atom is 0.161 e. The largest absolute Gasteiger partial charge is 0.493 e. The van der Waals surface area contributed by atoms with Crippen molar-refractivity contribution in [3.63, 3.8) is 0 Å². The van der Waals surface area contributed by atoms with Crippen molar-refractivity contribution in [2.24, 2.45) is 5.73 Å². The molecule has 1 aromatic heterocycles. The van der Waals surface area contributed by atoms with Crippen LogP contribution in [0.2, 0.25) is 0 Å². The van der Waals surface area contributed by atoms with E-state index >= 15 is 0 Å². The Hall–Kier alpha value is -2.14. The molecule has 0 aliphatic heterocycles. The molecule has 1 atom stereocenters. The third-order valence-corrected chi connectivity index (χ3v) is 3.64. The normalized spacial score (nSPS) is 13.6. The minimum atomic E-state index is -0.812. The van der Waals surface area contributed by atoms with Crippen LogP contribution >= 0.6 is 0 Å². The van der Waals surface area contributed by atoms with Crippen LogP contribution in [0, 0.1) is 5.82 Å². The molecule has 4 nitrogen and oxygen atoms in total. The van der Waals surface area contributed by atoms with E-state index in [1.54, 1.807) is 26.4 Å². The van der Waals surface area contributed by atoms with Crippen molar-refractivity contribution in [3.05, 3.63) is 53.6 Å². The van der Waals surface area contributed by atoms with E-state index in [4.69, 9.17) is 15.2 Å². The van der Waals surface area contributed by atoms with E-state index in [0.29, 0.717) is 23.6 Å². The highest BCUT2D eigenvalue weighted by molar-refractivity contribution is 5.47. The molecule has 2 rings (SSSR count). The molecule has 0 radical (unpaired) electrons. The summed E-state index contributed by atoms with van der Waals surface area (Å²) < 4.78 is 23.6. The summed E-state index contributed by atoms with van der Waals surface area (Å²) in [5.41, 5.74) is 7.16. The van der Waals surface area contributed by atoms with Crippen LogP contribution in [0.15, 0.2) is 36.5 Å². The standard InChI is InChI=1S/C16H19FN2O2/c1-4-16(18,15-8-6-12(17)10-19-15)11-5-7-13(20-2)14(9-11)21-3/h5-10H,4,18H2,1-3H3. The van der Waals surface area contributed by atoms with Crippen LogP contribution in [0.1, 0.15) is 24.6 Å². The fourth-order valence-electron chi connectivity index (χ4n) is 2.29. The Morgan fingerprint density at radius 1 is 1.14 bits per heavy atom. The molecule has 0 fully saturated rings. The summed E-state index contributed by atoms with van der Waals surface area (Å²) in [7, 11) is 3.15. The van der Waals surface area contributed by atoms with Gasteiger partial charge in [0.05, 0.1) is 31.6 Å². The molecule has 0 saturated heterocycles. The zero-order valence-electron chi connectivity index (χ0n) is 12.4. The highest BCUT2D eigenvalue weighted by Gasteiger charge is 2.30. The summed E-state index contributed by atoms with van der Waals surface area (Å²) in [6.07, 6.45) is 1.79. The van der Waals surface area contributed by atoms with Gasteiger partial charge in [0.2, 0.25) is 0 Å². The van der Waals surface area contributed by atoms with Crippen LogP contribution in [-0.4, -0.2) is 19.2 Å². The van der Waals surface area contributed by atoms with Crippen LogP contribution in [-0.2, 0) is 5.54 Å². The SMILES string of the molecule is CCC(N)(c1ccc(OC)c(OC)c1)c1ccc(F)cn1. The van der Waals surface area contributed by atoms with E-state index < -0.39 is 5.54 Å². The number of pyridine rings is 1. The predicted octanol–water partition coefficient (Wildman–Crippen LogP) is 2.85. The van der Waals surface area contributed by atoms with E-state index in [0.717, 1.165) is 5.56 Å². The number of aromatic nitrogens is 1. The van der Waals surface area contributed by atoms with Crippen molar-refractivity contribution >= 4 is 0 Å². The highest BCUT2D eigenvalue weighted by atomic mass is 19.1. The van der Waals surface area contributed by atoms with Gasteiger partial charge in [-0.15, -0.1) is 0 Å². The van der Waals surface area contributed by atoms with Crippen LogP contribution in [0.5, 0.6) is 11.5 Å². The van der Waals surface area contributed by atoms with Crippen molar-refractivity contribution in [2.75, 3.05) is 14.2 Å². The van der Waals surface area contributed by atoms with Crippen molar-refractivity contribution < 1.29 is 13.9 Å². The van der Waals surface area contributed by atoms with E-state index in [-0.39, 0.29) is 5.82 Å². The topological polar surface area (TPSA) is 57.4 Å². The fraction of sp³-hybridized carbons (Fsp3) is 0.312. The van der Waals surface area contributed by atoms with Crippen molar-refractivity contribution in [1.82, 2.24) is 4.98 Å². The Labute approximate surface area is 123 Å². The van der Waals surface area contributed by atoms with Gasteiger partial charge in [-0.3, -0.25) is 4.98 Å². The molecule has 0 amide bonds. The van der Waals surface area contributed by atoms with Gasteiger partial charge in [-0.05, 0) is 36.2 Å². The summed E-state index contributed by atoms with van der Waals surface area (Å²) >= 11 is 0. The molecular formula is C16H19FN2O2. The second-order valence-electron chi connectivity index (χ2n) is 4.76. The molecule has 0 spiro atoms. The average Bonchev–Trinajstić information content (AvgIpc) is 2.54. The van der Waals surface area contributed by atoms with Gasteiger partial charge >= 0.3 is 0 Å². The molecule has 0 aliphatic rings. The van der Waals surface area contributed by atoms with Crippen LogP contribution in [0.4, 0.5) is 4.39 Å². The first kappa shape index (κ1) is 15.3. The molecule has 0 bridgehead atoms. The lowest BCUT2D eigenvalue weighted by Crippen LogP contribution is -2.38. The number of methoxy groups -OCH3 is 2. The van der Waals surface area contributed by atoms with Gasteiger partial charge < -0.3 is 15.2 Å². The zero-order chi connectivity index (χ0) is 15.5. The maximum atomic E-state index is 13.1. The van der Waals surface area contributed by atoms with Gasteiger partial charge in [-0.1, -0.05) is 13.0 Å². The first-order valence-electron chi connectivity index (χ1n) is 6.68. The van der Waals surface area contributed by atoms with E-state index in [1.165, 1.54) is 12.3 Å². The zero-order valence-corrected chi connectivity index (χ0v) is 12.4. The second-order valence-corrected chi connectivity index (χ2v) is 4.76. The minimum absolute atomic E-state index is 0.385. The van der Waals surface area contributed by atoms with Gasteiger partial charge in [-0.2, -0.15) is 0 Å². The Balaban J connectivity index is 2.51. The minimum Gasteiger partial charge on any atom is -0.493 e. The monoisotopic (exact) mass is 290 g/mol. The molecule has 21 heavy (non-hydrogen) atoms. The number of nitrogens with two attached hydrogens (primary N) is 1. The molecule has 0 saturated carbocycles. The average molecular weight is 290 g/mol. The van der Waals surface area contributed by atoms with Gasteiger partial charge in [0.15, 0.2) is 11.5 Å². The first-order valence-corrected chi connectivity index (χ1v) is 6.68. The third-order valence-electron chi connectivity index (χ3n) is 3.64. The van der Waals surface area contributed by atoms with Crippen LogP contribution < -0.4 is 15.2 Å². The summed E-state index contributed by atoms with van der Waals surface area (Å²) in [4.78, 5) is 4.12. The number of hydrogen-bond donors (Lipinski definition) is 1. The van der Waals surface area contributed by atoms with Crippen LogP contribution in [0.25, 0.3) is 0 Å². The number of halogens is 1. The molecule has 0 aliphatic carbocycles. The molecule has 2 aromatic rings. The maximum absolute atomic E-state index is 13.1. The third kappa shape index (κ3) is 2.83. The lowest BCUT2D eigenvalue weighted by molar-refractivity contribution is 0.353. The predicted molar refractivity (Wildman–Crippen MR) is 79.0 cm³/mol. The molecule has 112 valence electrons. The van der Waals surface area contributed by atoms with Crippen molar-refractivity contribution in [2.45, 2.75) is 18.9 Å². The van der Waals surface area contributed by atoms with E-state index in [9.17, 15) is 4.39 Å². The van der Waals surface area contributed by atoms with Crippen molar-refractivity contribution in [1.29, 1.82) is 0 Å². The quantitative estimate of drug-likeness (QED) is 0.920. The van der Waals surface area contributed by atoms with Crippen LogP contribution in [0.3, 0.4) is 0 Å². The molecular weight excluding hydrogens is 271 g/mol. The highest BCUT2D eigenvalue weighted by Crippen LogP contribution is 2.35. The smallest absolute Gasteiger partial charge is 0.161 e. The number of benzene rings is 1. The lowest BCUT2D eigenvalue weighted by Gasteiger charge is -2.29.